The van der Waals surface area contributed by atoms with Crippen LogP contribution in [0.1, 0.15) is 34.7 Å². The van der Waals surface area contributed by atoms with Crippen LogP contribution in [0.25, 0.3) is 23.1 Å². The van der Waals surface area contributed by atoms with Crippen LogP contribution in [0.5, 0.6) is 5.75 Å². The number of aromatic nitrogens is 2. The summed E-state index contributed by atoms with van der Waals surface area (Å²) in [5.74, 6) is -0.0317. The van der Waals surface area contributed by atoms with E-state index in [0.29, 0.717) is 5.69 Å². The molecule has 2 atom stereocenters. The highest BCUT2D eigenvalue weighted by Gasteiger charge is 2.44. The Morgan fingerprint density at radius 2 is 1.86 bits per heavy atom. The van der Waals surface area contributed by atoms with Crippen LogP contribution in [0.3, 0.4) is 0 Å². The summed E-state index contributed by atoms with van der Waals surface area (Å²) in [6, 6.07) is 20.6. The molecule has 6 nitrogen and oxygen atoms in total. The average Bonchev–Trinajstić information content (AvgIpc) is 3.58. The minimum atomic E-state index is -2.88. The molecule has 1 aliphatic carbocycles. The Bertz CT molecular complexity index is 1410. The van der Waals surface area contributed by atoms with Crippen LogP contribution in [0.15, 0.2) is 66.7 Å². The van der Waals surface area contributed by atoms with Crippen molar-refractivity contribution >= 4 is 34.6 Å². The van der Waals surface area contributed by atoms with Gasteiger partial charge in [-0.15, -0.1) is 0 Å². The van der Waals surface area contributed by atoms with Gasteiger partial charge in [0.25, 0.3) is 0 Å². The predicted octanol–water partition coefficient (Wildman–Crippen LogP) is 6.14. The molecule has 1 amide bonds. The number of hydrogen-bond acceptors (Lipinski definition) is 4. The predicted molar refractivity (Wildman–Crippen MR) is 141 cm³/mol. The molecule has 37 heavy (non-hydrogen) atoms. The highest BCUT2D eigenvalue weighted by atomic mass is 19.3. The molecule has 5 rings (SSSR count). The molecular formula is C29H28F2N4O2. The fourth-order valence-electron chi connectivity index (χ4n) is 4.50. The molecule has 1 aliphatic rings. The van der Waals surface area contributed by atoms with Crippen molar-refractivity contribution in [3.8, 4) is 5.75 Å². The number of carbonyl (C=O) groups excluding carboxylic acids is 1. The van der Waals surface area contributed by atoms with Crippen molar-refractivity contribution in [2.24, 2.45) is 5.92 Å². The van der Waals surface area contributed by atoms with Gasteiger partial charge in [-0.25, -0.2) is 0 Å². The smallest absolute Gasteiger partial charge is 0.387 e. The molecule has 8 heteroatoms. The van der Waals surface area contributed by atoms with Crippen molar-refractivity contribution in [1.82, 2.24) is 15.1 Å². The van der Waals surface area contributed by atoms with Crippen molar-refractivity contribution in [2.45, 2.75) is 25.5 Å². The first-order valence-corrected chi connectivity index (χ1v) is 12.1. The summed E-state index contributed by atoms with van der Waals surface area (Å²) < 4.78 is 28.9. The Morgan fingerprint density at radius 1 is 1.11 bits per heavy atom. The number of halogens is 2. The Morgan fingerprint density at radius 3 is 2.57 bits per heavy atom. The Balaban J connectivity index is 1.21. The lowest BCUT2D eigenvalue weighted by atomic mass is 10.1. The van der Waals surface area contributed by atoms with Crippen molar-refractivity contribution in [3.05, 3.63) is 89.1 Å². The number of alkyl halides is 2. The number of nitrogens with one attached hydrogen (secondary N) is 2. The van der Waals surface area contributed by atoms with Gasteiger partial charge in [0.1, 0.15) is 5.75 Å². The lowest BCUT2D eigenvalue weighted by molar-refractivity contribution is -0.117. The fourth-order valence-corrected chi connectivity index (χ4v) is 4.50. The third kappa shape index (κ3) is 6.03. The van der Waals surface area contributed by atoms with Crippen LogP contribution in [0.2, 0.25) is 0 Å². The lowest BCUT2D eigenvalue weighted by Crippen LogP contribution is -2.14. The third-order valence-corrected chi connectivity index (χ3v) is 6.43. The van der Waals surface area contributed by atoms with E-state index in [1.54, 1.807) is 12.1 Å². The van der Waals surface area contributed by atoms with Crippen molar-refractivity contribution in [3.63, 3.8) is 0 Å². The van der Waals surface area contributed by atoms with Gasteiger partial charge >= 0.3 is 6.61 Å². The average molecular weight is 503 g/mol. The maximum absolute atomic E-state index is 12.7. The normalized spacial score (nSPS) is 17.1. The van der Waals surface area contributed by atoms with Crippen molar-refractivity contribution in [2.75, 3.05) is 19.4 Å². The second kappa shape index (κ2) is 10.5. The zero-order chi connectivity index (χ0) is 25.9. The summed E-state index contributed by atoms with van der Waals surface area (Å²) in [5, 5.41) is 11.5. The van der Waals surface area contributed by atoms with Crippen LogP contribution < -0.4 is 10.1 Å². The van der Waals surface area contributed by atoms with E-state index in [1.807, 2.05) is 12.1 Å². The van der Waals surface area contributed by atoms with Crippen LogP contribution in [-0.2, 0) is 11.3 Å². The minimum Gasteiger partial charge on any atom is -0.435 e. The molecule has 2 N–H and O–H groups in total. The fraction of sp³-hybridized carbons (Fsp3) is 0.241. The number of hydrogen-bond donors (Lipinski definition) is 2. The van der Waals surface area contributed by atoms with Crippen LogP contribution in [-0.4, -0.2) is 41.7 Å². The van der Waals surface area contributed by atoms with E-state index in [0.717, 1.165) is 40.7 Å². The van der Waals surface area contributed by atoms with Gasteiger partial charge in [0, 0.05) is 23.5 Å². The molecule has 0 radical (unpaired) electrons. The highest BCUT2D eigenvalue weighted by molar-refractivity contribution is 5.96. The van der Waals surface area contributed by atoms with E-state index in [9.17, 15) is 13.6 Å². The molecule has 4 aromatic rings. The highest BCUT2D eigenvalue weighted by Crippen LogP contribution is 2.48. The molecular weight excluding hydrogens is 474 g/mol. The number of ether oxygens (including phenoxy) is 1. The Labute approximate surface area is 213 Å². The molecule has 0 spiro atoms. The summed E-state index contributed by atoms with van der Waals surface area (Å²) >= 11 is 0. The molecule has 3 aromatic carbocycles. The topological polar surface area (TPSA) is 70.2 Å². The number of H-pyrrole nitrogens is 1. The van der Waals surface area contributed by atoms with Gasteiger partial charge in [-0.05, 0) is 79.5 Å². The number of nitrogens with zero attached hydrogens (tertiary/aromatic N) is 2. The first kappa shape index (κ1) is 24.6. The summed E-state index contributed by atoms with van der Waals surface area (Å²) in [7, 11) is 4.11. The second-order valence-corrected chi connectivity index (χ2v) is 9.57. The maximum atomic E-state index is 12.7. The summed E-state index contributed by atoms with van der Waals surface area (Å²) in [6.45, 7) is -1.97. The van der Waals surface area contributed by atoms with E-state index >= 15 is 0 Å². The molecule has 0 aliphatic heterocycles. The van der Waals surface area contributed by atoms with Gasteiger partial charge in [0.15, 0.2) is 0 Å². The van der Waals surface area contributed by atoms with E-state index in [1.165, 1.54) is 17.7 Å². The number of rotatable bonds is 9. The van der Waals surface area contributed by atoms with Crippen LogP contribution in [0.4, 0.5) is 14.5 Å². The zero-order valence-corrected chi connectivity index (χ0v) is 20.6. The molecule has 0 bridgehead atoms. The molecule has 0 unspecified atom stereocenters. The Kier molecular flexibility index (Phi) is 7.01. The quantitative estimate of drug-likeness (QED) is 0.289. The monoisotopic (exact) mass is 502 g/mol. The number of aromatic amines is 1. The first-order valence-electron chi connectivity index (χ1n) is 12.1. The number of benzene rings is 3. The van der Waals surface area contributed by atoms with Gasteiger partial charge in [-0.3, -0.25) is 9.89 Å². The first-order chi connectivity index (χ1) is 17.9. The van der Waals surface area contributed by atoms with Gasteiger partial charge < -0.3 is 15.0 Å². The van der Waals surface area contributed by atoms with E-state index in [2.05, 4.69) is 81.7 Å². The zero-order valence-electron chi connectivity index (χ0n) is 20.6. The van der Waals surface area contributed by atoms with Crippen LogP contribution in [0, 0.1) is 5.92 Å². The Hall–Kier alpha value is -4.04. The van der Waals surface area contributed by atoms with Gasteiger partial charge in [-0.2, -0.15) is 13.9 Å². The van der Waals surface area contributed by atoms with E-state index < -0.39 is 6.61 Å². The standard InChI is InChI=1S/C29H28F2N4O2/c1-35(2)17-19-5-3-18(4-6-19)7-14-26-23-13-8-20(15-27(23)34-33-26)24-16-25(24)28(36)32-21-9-11-22(12-10-21)37-29(30)31/h3-15,24-25,29H,16-17H2,1-2H3,(H,32,36)(H,33,34)/b14-7+/t24-,25+/m0/s1. The largest absolute Gasteiger partial charge is 0.435 e. The molecule has 1 aromatic heterocycles. The van der Waals surface area contributed by atoms with E-state index in [4.69, 9.17) is 0 Å². The molecule has 0 saturated heterocycles. The van der Waals surface area contributed by atoms with Crippen LogP contribution >= 0.6 is 0 Å². The molecule has 1 heterocycles. The summed E-state index contributed by atoms with van der Waals surface area (Å²) in [5.41, 5.74) is 5.80. The van der Waals surface area contributed by atoms with Crippen molar-refractivity contribution in [1.29, 1.82) is 0 Å². The van der Waals surface area contributed by atoms with E-state index in [-0.39, 0.29) is 23.5 Å². The molecule has 1 fully saturated rings. The molecule has 1 saturated carbocycles. The lowest BCUT2D eigenvalue weighted by Gasteiger charge is -2.09. The van der Waals surface area contributed by atoms with Gasteiger partial charge in [0.2, 0.25) is 5.91 Å². The molecule has 190 valence electrons. The third-order valence-electron chi connectivity index (χ3n) is 6.43. The number of anilines is 1. The van der Waals surface area contributed by atoms with Gasteiger partial charge in [0.05, 0.1) is 11.2 Å². The SMILES string of the molecule is CN(C)Cc1ccc(/C=C/c2n[nH]c3cc([C@@H]4C[C@H]4C(=O)Nc4ccc(OC(F)F)cc4)ccc23)cc1. The number of carbonyl (C=O) groups is 1. The summed E-state index contributed by atoms with van der Waals surface area (Å²) in [6.07, 6.45) is 4.81. The number of amides is 1. The van der Waals surface area contributed by atoms with Gasteiger partial charge in [-0.1, -0.05) is 42.5 Å². The summed E-state index contributed by atoms with van der Waals surface area (Å²) in [4.78, 5) is 14.8. The van der Waals surface area contributed by atoms with Crippen molar-refractivity contribution < 1.29 is 18.3 Å². The maximum Gasteiger partial charge on any atom is 0.387 e. The minimum absolute atomic E-state index is 0.0530. The second-order valence-electron chi connectivity index (χ2n) is 9.57. The number of fused-ring (bicyclic) bond motifs is 1.